The zero-order valence-corrected chi connectivity index (χ0v) is 14.3. The summed E-state index contributed by atoms with van der Waals surface area (Å²) < 4.78 is 22.6. The number of benzene rings is 1. The molecule has 6 nitrogen and oxygen atoms in total. The van der Waals surface area contributed by atoms with Crippen LogP contribution in [-0.2, 0) is 20.4 Å². The first-order valence-electron chi connectivity index (χ1n) is 8.03. The Hall–Kier alpha value is -1.89. The highest BCUT2D eigenvalue weighted by Crippen LogP contribution is 2.44. The number of aliphatic carboxylic acids is 1. The largest absolute Gasteiger partial charge is 0.481 e. The highest BCUT2D eigenvalue weighted by atomic mass is 32.2. The van der Waals surface area contributed by atoms with Crippen molar-refractivity contribution in [2.45, 2.75) is 18.6 Å². The number of nitrogens with zero attached hydrogens (tertiary/aromatic N) is 1. The first kappa shape index (κ1) is 17.0. The van der Waals surface area contributed by atoms with E-state index < -0.39 is 21.7 Å². The van der Waals surface area contributed by atoms with E-state index in [0.717, 1.165) is 12.8 Å². The number of amides is 1. The minimum absolute atomic E-state index is 0.0518. The van der Waals surface area contributed by atoms with Gasteiger partial charge in [0.1, 0.15) is 0 Å². The third-order valence-corrected chi connectivity index (χ3v) is 5.68. The van der Waals surface area contributed by atoms with Crippen molar-refractivity contribution in [3.05, 3.63) is 35.4 Å². The standard InChI is InChI=1S/C17H21NO5S/c1-24(22,23)10-11-2-4-13(5-3-11)16(19)18-8-14(12-6-7-12)15(9-18)17(20)21/h2-5,12,14-15H,6-10H2,1H3,(H,20,21)/t14-,15+/m1/s1. The fourth-order valence-corrected chi connectivity index (χ4v) is 4.28. The van der Waals surface area contributed by atoms with Crippen LogP contribution >= 0.6 is 0 Å². The number of carbonyl (C=O) groups excluding carboxylic acids is 1. The molecule has 1 aromatic rings. The smallest absolute Gasteiger partial charge is 0.308 e. The number of hydrogen-bond donors (Lipinski definition) is 1. The molecule has 0 aromatic heterocycles. The molecule has 1 aliphatic carbocycles. The van der Waals surface area contributed by atoms with Crippen LogP contribution in [0.5, 0.6) is 0 Å². The zero-order valence-electron chi connectivity index (χ0n) is 13.5. The molecule has 1 heterocycles. The quantitative estimate of drug-likeness (QED) is 0.866. The Morgan fingerprint density at radius 1 is 1.17 bits per heavy atom. The van der Waals surface area contributed by atoms with Crippen LogP contribution in [0.3, 0.4) is 0 Å². The van der Waals surface area contributed by atoms with Crippen molar-refractivity contribution >= 4 is 21.7 Å². The van der Waals surface area contributed by atoms with Crippen molar-refractivity contribution in [2.24, 2.45) is 17.8 Å². The summed E-state index contributed by atoms with van der Waals surface area (Å²) in [6, 6.07) is 6.50. The fraction of sp³-hybridized carbons (Fsp3) is 0.529. The molecule has 130 valence electrons. The van der Waals surface area contributed by atoms with Gasteiger partial charge in [-0.05, 0) is 42.4 Å². The number of likely N-dealkylation sites (tertiary alicyclic amines) is 1. The molecule has 24 heavy (non-hydrogen) atoms. The normalized spacial score (nSPS) is 24.1. The van der Waals surface area contributed by atoms with E-state index in [1.54, 1.807) is 29.2 Å². The molecule has 2 aliphatic rings. The van der Waals surface area contributed by atoms with Crippen molar-refractivity contribution in [1.82, 2.24) is 4.90 Å². The van der Waals surface area contributed by atoms with Gasteiger partial charge in [-0.3, -0.25) is 9.59 Å². The van der Waals surface area contributed by atoms with Crippen LogP contribution in [0.4, 0.5) is 0 Å². The van der Waals surface area contributed by atoms with Crippen molar-refractivity contribution in [3.8, 4) is 0 Å². The lowest BCUT2D eigenvalue weighted by atomic mass is 9.92. The predicted octanol–water partition coefficient (Wildman–Crippen LogP) is 1.41. The Kier molecular flexibility index (Phi) is 4.38. The van der Waals surface area contributed by atoms with E-state index in [1.807, 2.05) is 0 Å². The second-order valence-corrected chi connectivity index (χ2v) is 9.06. The van der Waals surface area contributed by atoms with Gasteiger partial charge in [0.25, 0.3) is 5.91 Å². The number of hydrogen-bond acceptors (Lipinski definition) is 4. The van der Waals surface area contributed by atoms with E-state index in [0.29, 0.717) is 23.6 Å². The summed E-state index contributed by atoms with van der Waals surface area (Å²) in [5.41, 5.74) is 1.10. The van der Waals surface area contributed by atoms with Gasteiger partial charge in [0, 0.05) is 24.9 Å². The Morgan fingerprint density at radius 3 is 2.29 bits per heavy atom. The summed E-state index contributed by atoms with van der Waals surface area (Å²) in [5.74, 6) is -1.07. The van der Waals surface area contributed by atoms with Gasteiger partial charge in [-0.25, -0.2) is 8.42 Å². The Morgan fingerprint density at radius 2 is 1.79 bits per heavy atom. The minimum atomic E-state index is -3.11. The molecular formula is C17H21NO5S. The number of rotatable bonds is 5. The summed E-state index contributed by atoms with van der Waals surface area (Å²) in [6.07, 6.45) is 3.27. The van der Waals surface area contributed by atoms with Crippen LogP contribution in [-0.4, -0.2) is 49.6 Å². The van der Waals surface area contributed by atoms with Crippen LogP contribution < -0.4 is 0 Å². The molecule has 1 saturated heterocycles. The summed E-state index contributed by atoms with van der Waals surface area (Å²) in [4.78, 5) is 25.7. The van der Waals surface area contributed by atoms with Crippen molar-refractivity contribution < 1.29 is 23.1 Å². The lowest BCUT2D eigenvalue weighted by molar-refractivity contribution is -0.142. The summed E-state index contributed by atoms with van der Waals surface area (Å²) >= 11 is 0. The maximum absolute atomic E-state index is 12.6. The van der Waals surface area contributed by atoms with Crippen LogP contribution in [0.25, 0.3) is 0 Å². The van der Waals surface area contributed by atoms with Crippen LogP contribution in [0.2, 0.25) is 0 Å². The SMILES string of the molecule is CS(=O)(=O)Cc1ccc(C(=O)N2C[C@H](C(=O)O)[C@@H](C3CC3)C2)cc1. The lowest BCUT2D eigenvalue weighted by Gasteiger charge is -2.16. The number of carboxylic acids is 1. The van der Waals surface area contributed by atoms with Gasteiger partial charge in [-0.1, -0.05) is 12.1 Å². The number of carboxylic acid groups (broad SMARTS) is 1. The van der Waals surface area contributed by atoms with Crippen LogP contribution in [0, 0.1) is 17.8 Å². The van der Waals surface area contributed by atoms with E-state index in [-0.39, 0.29) is 24.1 Å². The van der Waals surface area contributed by atoms with Crippen molar-refractivity contribution in [2.75, 3.05) is 19.3 Å². The first-order chi connectivity index (χ1) is 11.2. The predicted molar refractivity (Wildman–Crippen MR) is 88.2 cm³/mol. The molecule has 3 rings (SSSR count). The molecule has 0 spiro atoms. The van der Waals surface area contributed by atoms with Crippen molar-refractivity contribution in [1.29, 1.82) is 0 Å². The topological polar surface area (TPSA) is 91.8 Å². The molecule has 0 unspecified atom stereocenters. The average molecular weight is 351 g/mol. The second kappa shape index (κ2) is 6.20. The molecular weight excluding hydrogens is 330 g/mol. The third-order valence-electron chi connectivity index (χ3n) is 4.83. The monoisotopic (exact) mass is 351 g/mol. The molecule has 1 saturated carbocycles. The zero-order chi connectivity index (χ0) is 17.5. The second-order valence-electron chi connectivity index (χ2n) is 6.92. The summed E-state index contributed by atoms with van der Waals surface area (Å²) in [7, 11) is -3.11. The summed E-state index contributed by atoms with van der Waals surface area (Å²) in [5, 5.41) is 9.38. The maximum atomic E-state index is 12.6. The van der Waals surface area contributed by atoms with E-state index in [4.69, 9.17) is 0 Å². The molecule has 0 bridgehead atoms. The van der Waals surface area contributed by atoms with E-state index in [9.17, 15) is 23.1 Å². The molecule has 1 aliphatic heterocycles. The molecule has 1 aromatic carbocycles. The maximum Gasteiger partial charge on any atom is 0.308 e. The van der Waals surface area contributed by atoms with Gasteiger partial charge in [-0.15, -0.1) is 0 Å². The highest BCUT2D eigenvalue weighted by Gasteiger charge is 2.46. The molecule has 1 N–H and O–H groups in total. The number of carbonyl (C=O) groups is 2. The molecule has 2 atom stereocenters. The third kappa shape index (κ3) is 3.77. The summed E-state index contributed by atoms with van der Waals surface area (Å²) in [6.45, 7) is 0.742. The Labute approximate surface area is 141 Å². The first-order valence-corrected chi connectivity index (χ1v) is 10.1. The van der Waals surface area contributed by atoms with E-state index in [2.05, 4.69) is 0 Å². The molecule has 7 heteroatoms. The fourth-order valence-electron chi connectivity index (χ4n) is 3.49. The average Bonchev–Trinajstić information content (AvgIpc) is 3.24. The van der Waals surface area contributed by atoms with Gasteiger partial charge >= 0.3 is 5.97 Å². The van der Waals surface area contributed by atoms with Gasteiger partial charge < -0.3 is 10.0 Å². The van der Waals surface area contributed by atoms with E-state index in [1.165, 1.54) is 6.26 Å². The van der Waals surface area contributed by atoms with Gasteiger partial charge in [0.15, 0.2) is 9.84 Å². The molecule has 0 radical (unpaired) electrons. The number of sulfone groups is 1. The van der Waals surface area contributed by atoms with Crippen molar-refractivity contribution in [3.63, 3.8) is 0 Å². The minimum Gasteiger partial charge on any atom is -0.481 e. The van der Waals surface area contributed by atoms with Gasteiger partial charge in [0.05, 0.1) is 11.7 Å². The highest BCUT2D eigenvalue weighted by molar-refractivity contribution is 7.89. The van der Waals surface area contributed by atoms with Crippen LogP contribution in [0.15, 0.2) is 24.3 Å². The van der Waals surface area contributed by atoms with E-state index >= 15 is 0 Å². The van der Waals surface area contributed by atoms with Gasteiger partial charge in [0.2, 0.25) is 0 Å². The molecule has 1 amide bonds. The van der Waals surface area contributed by atoms with Gasteiger partial charge in [-0.2, -0.15) is 0 Å². The lowest BCUT2D eigenvalue weighted by Crippen LogP contribution is -2.29. The van der Waals surface area contributed by atoms with Crippen LogP contribution in [0.1, 0.15) is 28.8 Å². The Bertz CT molecular complexity index is 752. The molecule has 2 fully saturated rings. The Balaban J connectivity index is 1.71.